The Kier molecular flexibility index (Phi) is 7.74. The number of rotatable bonds is 9. The van der Waals surface area contributed by atoms with Crippen LogP contribution in [0.5, 0.6) is 0 Å². The molecule has 0 bridgehead atoms. The molecule has 1 N–H and O–H groups in total. The van der Waals surface area contributed by atoms with Gasteiger partial charge in [0.2, 0.25) is 0 Å². The number of ether oxygens (including phenoxy) is 1. The van der Waals surface area contributed by atoms with Crippen LogP contribution in [0, 0.1) is 0 Å². The number of thioether (sulfide) groups is 1. The number of fused-ring (bicyclic) bond motifs is 1. The Balaban J connectivity index is 2.05. The molecule has 0 aromatic heterocycles. The molecule has 0 saturated carbocycles. The van der Waals surface area contributed by atoms with Crippen molar-refractivity contribution in [3.63, 3.8) is 0 Å². The summed E-state index contributed by atoms with van der Waals surface area (Å²) in [5.41, 5.74) is 0. The summed E-state index contributed by atoms with van der Waals surface area (Å²) >= 11 is 1.26. The number of likely N-dealkylation sites (N-methyl/N-ethyl adjacent to an activating group) is 1. The van der Waals surface area contributed by atoms with Crippen molar-refractivity contribution < 1.29 is 19.1 Å². The summed E-state index contributed by atoms with van der Waals surface area (Å²) in [7, 11) is 1.63. The van der Waals surface area contributed by atoms with Crippen LogP contribution in [0.25, 0.3) is 0 Å². The summed E-state index contributed by atoms with van der Waals surface area (Å²) in [6, 6.07) is -0.979. The first-order valence-corrected chi connectivity index (χ1v) is 10.2. The summed E-state index contributed by atoms with van der Waals surface area (Å²) < 4.78 is 4.96. The van der Waals surface area contributed by atoms with Crippen molar-refractivity contribution in [2.75, 3.05) is 26.0 Å². The number of carbonyl (C=O) groups is 3. The van der Waals surface area contributed by atoms with Gasteiger partial charge in [0.15, 0.2) is 17.4 Å². The second-order valence-corrected chi connectivity index (χ2v) is 7.32. The van der Waals surface area contributed by atoms with Crippen molar-refractivity contribution in [2.45, 2.75) is 58.2 Å². The fourth-order valence-electron chi connectivity index (χ4n) is 3.07. The highest BCUT2D eigenvalue weighted by Gasteiger charge is 2.48. The van der Waals surface area contributed by atoms with Gasteiger partial charge in [-0.05, 0) is 13.3 Å². The van der Waals surface area contributed by atoms with E-state index in [4.69, 9.17) is 4.74 Å². The smallest absolute Gasteiger partial charge is 0.325 e. The molecule has 0 aliphatic carbocycles. The predicted molar refractivity (Wildman–Crippen MR) is 101 cm³/mol. The van der Waals surface area contributed by atoms with Crippen LogP contribution < -0.4 is 5.32 Å². The second-order valence-electron chi connectivity index (χ2n) is 6.38. The van der Waals surface area contributed by atoms with Gasteiger partial charge in [-0.3, -0.25) is 14.9 Å². The number of unbranched alkanes of at least 4 members (excludes halogenated alkanes) is 4. The van der Waals surface area contributed by atoms with E-state index in [0.29, 0.717) is 18.3 Å². The summed E-state index contributed by atoms with van der Waals surface area (Å²) in [4.78, 5) is 43.9. The van der Waals surface area contributed by atoms with Crippen LogP contribution in [-0.4, -0.2) is 71.0 Å². The van der Waals surface area contributed by atoms with Gasteiger partial charge in [0.1, 0.15) is 0 Å². The zero-order valence-electron chi connectivity index (χ0n) is 15.7. The zero-order valence-corrected chi connectivity index (χ0v) is 16.5. The lowest BCUT2D eigenvalue weighted by Gasteiger charge is -2.36. The average molecular weight is 385 g/mol. The van der Waals surface area contributed by atoms with Gasteiger partial charge in [0.05, 0.1) is 12.4 Å². The maximum atomic E-state index is 12.4. The molecule has 9 heteroatoms. The summed E-state index contributed by atoms with van der Waals surface area (Å²) in [6.45, 7) is 4.94. The first-order chi connectivity index (χ1) is 12.5. The number of amidine groups is 1. The van der Waals surface area contributed by atoms with Gasteiger partial charge < -0.3 is 14.5 Å². The molecule has 0 aromatic carbocycles. The van der Waals surface area contributed by atoms with Gasteiger partial charge in [0.25, 0.3) is 5.91 Å². The summed E-state index contributed by atoms with van der Waals surface area (Å²) in [5, 5.41) is 3.00. The molecule has 1 saturated heterocycles. The Bertz CT molecular complexity index is 569. The van der Waals surface area contributed by atoms with Gasteiger partial charge >= 0.3 is 12.0 Å². The van der Waals surface area contributed by atoms with E-state index >= 15 is 0 Å². The number of urea groups is 1. The normalized spacial score (nSPS) is 22.2. The molecule has 0 spiro atoms. The minimum absolute atomic E-state index is 0.137. The number of hydrogen-bond donors (Lipinski definition) is 1. The van der Waals surface area contributed by atoms with Crippen LogP contribution >= 0.6 is 11.8 Å². The van der Waals surface area contributed by atoms with Crippen LogP contribution in [0.1, 0.15) is 46.0 Å². The Morgan fingerprint density at radius 1 is 1.23 bits per heavy atom. The van der Waals surface area contributed by atoms with E-state index in [2.05, 4.69) is 17.2 Å². The van der Waals surface area contributed by atoms with Crippen LogP contribution in [0.15, 0.2) is 4.99 Å². The van der Waals surface area contributed by atoms with Gasteiger partial charge in [-0.2, -0.15) is 0 Å². The predicted octanol–water partition coefficient (Wildman–Crippen LogP) is 1.80. The number of aliphatic imine (C=N–C) groups is 1. The Morgan fingerprint density at radius 2 is 1.96 bits per heavy atom. The van der Waals surface area contributed by atoms with E-state index in [9.17, 15) is 14.4 Å². The quantitative estimate of drug-likeness (QED) is 0.481. The molecule has 8 nitrogen and oxygen atoms in total. The molecule has 2 rings (SSSR count). The van der Waals surface area contributed by atoms with E-state index in [0.717, 1.165) is 19.3 Å². The second kappa shape index (κ2) is 9.80. The van der Waals surface area contributed by atoms with Gasteiger partial charge in [-0.15, -0.1) is 0 Å². The Labute approximate surface area is 158 Å². The Hall–Kier alpha value is -1.77. The monoisotopic (exact) mass is 384 g/mol. The van der Waals surface area contributed by atoms with Crippen LogP contribution in [-0.2, 0) is 14.3 Å². The third kappa shape index (κ3) is 4.90. The fraction of sp³-hybridized carbons (Fsp3) is 0.765. The standard InChI is InChI=1S/C17H28N4O4S/c1-4-6-7-8-9-10-21-13-14(20(3)16(24)19-15(13)23)18-17(21)26-11-12(22)25-5-2/h13-14H,4-11H2,1-3H3,(H,19,23,24). The van der Waals surface area contributed by atoms with E-state index in [1.165, 1.54) is 29.5 Å². The minimum Gasteiger partial charge on any atom is -0.465 e. The number of hydrogen-bond acceptors (Lipinski definition) is 7. The Morgan fingerprint density at radius 3 is 2.65 bits per heavy atom. The molecular formula is C17H28N4O4S. The number of nitrogens with one attached hydrogen (secondary N) is 1. The first kappa shape index (κ1) is 20.5. The summed E-state index contributed by atoms with van der Waals surface area (Å²) in [6.07, 6.45) is 5.00. The molecular weight excluding hydrogens is 356 g/mol. The van der Waals surface area contributed by atoms with Gasteiger partial charge in [-0.1, -0.05) is 44.4 Å². The lowest BCUT2D eigenvalue weighted by molar-refractivity contribution is -0.139. The van der Waals surface area contributed by atoms with E-state index in [-0.39, 0.29) is 17.6 Å². The van der Waals surface area contributed by atoms with Crippen molar-refractivity contribution in [3.8, 4) is 0 Å². The van der Waals surface area contributed by atoms with Gasteiger partial charge in [-0.25, -0.2) is 9.79 Å². The average Bonchev–Trinajstić information content (AvgIpc) is 2.97. The van der Waals surface area contributed by atoms with Gasteiger partial charge in [0, 0.05) is 13.6 Å². The third-order valence-electron chi connectivity index (χ3n) is 4.45. The van der Waals surface area contributed by atoms with Crippen molar-refractivity contribution in [1.82, 2.24) is 15.1 Å². The van der Waals surface area contributed by atoms with Crippen LogP contribution in [0.2, 0.25) is 0 Å². The van der Waals surface area contributed by atoms with Crippen molar-refractivity contribution >= 4 is 34.8 Å². The molecule has 0 aromatic rings. The summed E-state index contributed by atoms with van der Waals surface area (Å²) in [5.74, 6) is -0.508. The SMILES string of the molecule is CCCCCCCN1C(SCC(=O)OCC)=NC2C1C(=O)NC(=O)N2C. The highest BCUT2D eigenvalue weighted by Crippen LogP contribution is 2.29. The highest BCUT2D eigenvalue weighted by atomic mass is 32.2. The van der Waals surface area contributed by atoms with E-state index < -0.39 is 18.2 Å². The molecule has 0 radical (unpaired) electrons. The largest absolute Gasteiger partial charge is 0.465 e. The molecule has 2 heterocycles. The maximum Gasteiger partial charge on any atom is 0.325 e. The minimum atomic E-state index is -0.545. The zero-order chi connectivity index (χ0) is 19.1. The van der Waals surface area contributed by atoms with Crippen LogP contribution in [0.3, 0.4) is 0 Å². The topological polar surface area (TPSA) is 91.3 Å². The third-order valence-corrected chi connectivity index (χ3v) is 5.43. The van der Waals surface area contributed by atoms with Crippen LogP contribution in [0.4, 0.5) is 4.79 Å². The number of esters is 1. The van der Waals surface area contributed by atoms with Crippen molar-refractivity contribution in [2.24, 2.45) is 4.99 Å². The number of nitrogens with zero attached hydrogens (tertiary/aromatic N) is 3. The lowest BCUT2D eigenvalue weighted by Crippen LogP contribution is -2.63. The molecule has 3 amide bonds. The maximum absolute atomic E-state index is 12.4. The fourth-order valence-corrected chi connectivity index (χ4v) is 3.95. The van der Waals surface area contributed by atoms with Crippen molar-refractivity contribution in [1.29, 1.82) is 0 Å². The molecule has 2 atom stereocenters. The first-order valence-electron chi connectivity index (χ1n) is 9.20. The molecule has 1 fully saturated rings. The van der Waals surface area contributed by atoms with Crippen molar-refractivity contribution in [3.05, 3.63) is 0 Å². The lowest BCUT2D eigenvalue weighted by atomic mass is 10.1. The number of carbonyl (C=O) groups excluding carboxylic acids is 3. The molecule has 2 unspecified atom stereocenters. The molecule has 146 valence electrons. The van der Waals surface area contributed by atoms with E-state index in [1.807, 2.05) is 4.90 Å². The van der Waals surface area contributed by atoms with E-state index in [1.54, 1.807) is 14.0 Å². The highest BCUT2D eigenvalue weighted by molar-refractivity contribution is 8.14. The number of amides is 3. The molecule has 26 heavy (non-hydrogen) atoms. The number of imide groups is 1. The molecule has 2 aliphatic rings. The molecule has 2 aliphatic heterocycles.